The molecule has 1 unspecified atom stereocenters. The highest BCUT2D eigenvalue weighted by atomic mass is 16.5. The zero-order valence-electron chi connectivity index (χ0n) is 14.3. The molecule has 1 atom stereocenters. The van der Waals surface area contributed by atoms with Crippen LogP contribution >= 0.6 is 0 Å². The van der Waals surface area contributed by atoms with E-state index in [1.165, 1.54) is 0 Å². The van der Waals surface area contributed by atoms with E-state index in [1.807, 2.05) is 13.0 Å². The number of hydrogen-bond donors (Lipinski definition) is 1. The lowest BCUT2D eigenvalue weighted by Gasteiger charge is -2.12. The Kier molecular flexibility index (Phi) is 6.46. The molecular formula is C20H21NO4. The number of rotatable bonds is 7. The first kappa shape index (κ1) is 18.4. The van der Waals surface area contributed by atoms with Crippen LogP contribution in [0.3, 0.4) is 0 Å². The van der Waals surface area contributed by atoms with Gasteiger partial charge in [-0.15, -0.1) is 0 Å². The van der Waals surface area contributed by atoms with Gasteiger partial charge in [-0.1, -0.05) is 56.3 Å². The third-order valence-electron chi connectivity index (χ3n) is 3.84. The molecule has 0 spiro atoms. The van der Waals surface area contributed by atoms with Crippen LogP contribution < -0.4 is 5.32 Å². The van der Waals surface area contributed by atoms with Crippen LogP contribution in [-0.2, 0) is 14.3 Å². The van der Waals surface area contributed by atoms with Crippen LogP contribution in [0, 0.1) is 5.92 Å². The van der Waals surface area contributed by atoms with Crippen LogP contribution in [0.25, 0.3) is 0 Å². The van der Waals surface area contributed by atoms with Gasteiger partial charge in [-0.2, -0.15) is 0 Å². The van der Waals surface area contributed by atoms with E-state index in [4.69, 9.17) is 4.74 Å². The minimum Gasteiger partial charge on any atom is -0.455 e. The van der Waals surface area contributed by atoms with Gasteiger partial charge >= 0.3 is 5.97 Å². The summed E-state index contributed by atoms with van der Waals surface area (Å²) in [5, 5.41) is 2.64. The van der Waals surface area contributed by atoms with Crippen molar-refractivity contribution >= 4 is 23.3 Å². The Morgan fingerprint density at radius 2 is 1.64 bits per heavy atom. The van der Waals surface area contributed by atoms with E-state index in [0.717, 1.165) is 0 Å². The molecule has 0 radical (unpaired) electrons. The Morgan fingerprint density at radius 3 is 2.32 bits per heavy atom. The van der Waals surface area contributed by atoms with Gasteiger partial charge in [0.25, 0.3) is 5.91 Å². The van der Waals surface area contributed by atoms with Crippen molar-refractivity contribution in [2.24, 2.45) is 5.92 Å². The van der Waals surface area contributed by atoms with E-state index < -0.39 is 11.9 Å². The summed E-state index contributed by atoms with van der Waals surface area (Å²) in [5.74, 6) is -1.33. The van der Waals surface area contributed by atoms with Gasteiger partial charge in [0.05, 0.1) is 11.6 Å². The van der Waals surface area contributed by atoms with Crippen molar-refractivity contribution in [3.8, 4) is 0 Å². The molecule has 1 amide bonds. The molecule has 0 fully saturated rings. The average Bonchev–Trinajstić information content (AvgIpc) is 2.66. The monoisotopic (exact) mass is 339 g/mol. The summed E-state index contributed by atoms with van der Waals surface area (Å²) in [5.41, 5.74) is 1.31. The summed E-state index contributed by atoms with van der Waals surface area (Å²) < 4.78 is 4.98. The molecule has 0 aliphatic carbocycles. The van der Waals surface area contributed by atoms with Gasteiger partial charge in [-0.3, -0.25) is 14.4 Å². The summed E-state index contributed by atoms with van der Waals surface area (Å²) in [6, 6.07) is 15.6. The molecule has 0 aliphatic heterocycles. The van der Waals surface area contributed by atoms with E-state index in [9.17, 15) is 14.4 Å². The van der Waals surface area contributed by atoms with Crippen molar-refractivity contribution < 1.29 is 19.1 Å². The highest BCUT2D eigenvalue weighted by Crippen LogP contribution is 2.19. The van der Waals surface area contributed by atoms with Gasteiger partial charge in [0.15, 0.2) is 12.4 Å². The summed E-state index contributed by atoms with van der Waals surface area (Å²) >= 11 is 0. The average molecular weight is 339 g/mol. The zero-order chi connectivity index (χ0) is 18.2. The normalized spacial score (nSPS) is 11.4. The quantitative estimate of drug-likeness (QED) is 0.619. The molecule has 0 saturated carbocycles. The lowest BCUT2D eigenvalue weighted by atomic mass is 10.0. The first-order valence-corrected chi connectivity index (χ1v) is 8.18. The molecular weight excluding hydrogens is 318 g/mol. The van der Waals surface area contributed by atoms with Crippen LogP contribution in [0.5, 0.6) is 0 Å². The van der Waals surface area contributed by atoms with E-state index in [0.29, 0.717) is 23.2 Å². The van der Waals surface area contributed by atoms with Crippen molar-refractivity contribution in [3.63, 3.8) is 0 Å². The molecule has 2 aromatic rings. The second-order valence-electron chi connectivity index (χ2n) is 5.71. The Hall–Kier alpha value is -2.95. The molecule has 0 heterocycles. The van der Waals surface area contributed by atoms with Crippen molar-refractivity contribution in [1.29, 1.82) is 0 Å². The topological polar surface area (TPSA) is 72.5 Å². The summed E-state index contributed by atoms with van der Waals surface area (Å²) in [6.45, 7) is 3.24. The maximum absolute atomic E-state index is 12.6. The molecule has 25 heavy (non-hydrogen) atoms. The Labute approximate surface area is 147 Å². The highest BCUT2D eigenvalue weighted by molar-refractivity contribution is 6.13. The maximum Gasteiger partial charge on any atom is 0.309 e. The summed E-state index contributed by atoms with van der Waals surface area (Å²) in [4.78, 5) is 36.3. The van der Waals surface area contributed by atoms with Gasteiger partial charge in [-0.25, -0.2) is 0 Å². The Morgan fingerprint density at radius 1 is 1.00 bits per heavy atom. The fraction of sp³-hybridized carbons (Fsp3) is 0.250. The first-order valence-electron chi connectivity index (χ1n) is 8.18. The number of para-hydroxylation sites is 1. The van der Waals surface area contributed by atoms with Crippen LogP contribution in [0.4, 0.5) is 5.69 Å². The number of amides is 1. The van der Waals surface area contributed by atoms with Crippen LogP contribution in [-0.4, -0.2) is 24.3 Å². The lowest BCUT2D eigenvalue weighted by Crippen LogP contribution is -2.24. The number of anilines is 1. The molecule has 0 saturated heterocycles. The smallest absolute Gasteiger partial charge is 0.309 e. The SMILES string of the molecule is CCC(C)C(=O)OCC(=O)Nc1ccccc1C(=O)c1ccccc1. The number of ketones is 1. The predicted molar refractivity (Wildman–Crippen MR) is 95.4 cm³/mol. The number of benzene rings is 2. The minimum absolute atomic E-state index is 0.187. The second kappa shape index (κ2) is 8.78. The van der Waals surface area contributed by atoms with E-state index in [2.05, 4.69) is 5.32 Å². The number of hydrogen-bond acceptors (Lipinski definition) is 4. The van der Waals surface area contributed by atoms with Gasteiger partial charge in [0.1, 0.15) is 0 Å². The minimum atomic E-state index is -0.482. The summed E-state index contributed by atoms with van der Waals surface area (Å²) in [7, 11) is 0. The number of carbonyl (C=O) groups excluding carboxylic acids is 3. The molecule has 2 aromatic carbocycles. The summed E-state index contributed by atoms with van der Waals surface area (Å²) in [6.07, 6.45) is 0.648. The molecule has 0 aliphatic rings. The Bertz CT molecular complexity index is 755. The maximum atomic E-state index is 12.6. The number of nitrogens with one attached hydrogen (secondary N) is 1. The van der Waals surface area contributed by atoms with Gasteiger partial charge in [0, 0.05) is 11.1 Å². The Balaban J connectivity index is 2.07. The predicted octanol–water partition coefficient (Wildman–Crippen LogP) is 3.45. The highest BCUT2D eigenvalue weighted by Gasteiger charge is 2.17. The van der Waals surface area contributed by atoms with Gasteiger partial charge < -0.3 is 10.1 Å². The molecule has 2 rings (SSSR count). The van der Waals surface area contributed by atoms with E-state index in [-0.39, 0.29) is 18.3 Å². The molecule has 0 bridgehead atoms. The van der Waals surface area contributed by atoms with Gasteiger partial charge in [0.2, 0.25) is 0 Å². The number of ether oxygens (including phenoxy) is 1. The fourth-order valence-electron chi connectivity index (χ4n) is 2.17. The third kappa shape index (κ3) is 5.01. The van der Waals surface area contributed by atoms with Crippen LogP contribution in [0.2, 0.25) is 0 Å². The zero-order valence-corrected chi connectivity index (χ0v) is 14.3. The molecule has 5 nitrogen and oxygen atoms in total. The lowest BCUT2D eigenvalue weighted by molar-refractivity contribution is -0.151. The first-order chi connectivity index (χ1) is 12.0. The molecule has 130 valence electrons. The standard InChI is InChI=1S/C20H21NO4/c1-3-14(2)20(24)25-13-18(22)21-17-12-8-7-11-16(17)19(23)15-9-5-4-6-10-15/h4-12,14H,3,13H2,1-2H3,(H,21,22). The van der Waals surface area contributed by atoms with Crippen molar-refractivity contribution in [2.75, 3.05) is 11.9 Å². The largest absolute Gasteiger partial charge is 0.455 e. The van der Waals surface area contributed by atoms with Crippen molar-refractivity contribution in [2.45, 2.75) is 20.3 Å². The van der Waals surface area contributed by atoms with Crippen molar-refractivity contribution in [3.05, 3.63) is 65.7 Å². The number of esters is 1. The molecule has 5 heteroatoms. The fourth-order valence-corrected chi connectivity index (χ4v) is 2.17. The van der Waals surface area contributed by atoms with E-state index in [1.54, 1.807) is 55.5 Å². The van der Waals surface area contributed by atoms with Crippen LogP contribution in [0.1, 0.15) is 36.2 Å². The third-order valence-corrected chi connectivity index (χ3v) is 3.84. The van der Waals surface area contributed by atoms with E-state index >= 15 is 0 Å². The van der Waals surface area contributed by atoms with Crippen molar-refractivity contribution in [1.82, 2.24) is 0 Å². The van der Waals surface area contributed by atoms with Crippen LogP contribution in [0.15, 0.2) is 54.6 Å². The number of carbonyl (C=O) groups is 3. The van der Waals surface area contributed by atoms with Gasteiger partial charge in [-0.05, 0) is 18.6 Å². The molecule has 0 aromatic heterocycles. The molecule has 1 N–H and O–H groups in total. The second-order valence-corrected chi connectivity index (χ2v) is 5.71.